The predicted octanol–water partition coefficient (Wildman–Crippen LogP) is 1.26. The van der Waals surface area contributed by atoms with E-state index in [1.807, 2.05) is 13.8 Å². The average Bonchev–Trinajstić information content (AvgIpc) is 1.97. The lowest BCUT2D eigenvalue weighted by atomic mass is 9.92. The second kappa shape index (κ2) is 5.62. The van der Waals surface area contributed by atoms with E-state index in [0.29, 0.717) is 0 Å². The van der Waals surface area contributed by atoms with Gasteiger partial charge in [0.15, 0.2) is 0 Å². The molecule has 2 N–H and O–H groups in total. The van der Waals surface area contributed by atoms with Crippen LogP contribution in [-0.2, 0) is 9.59 Å². The van der Waals surface area contributed by atoms with Gasteiger partial charge in [0.25, 0.3) is 0 Å². The lowest BCUT2D eigenvalue weighted by Gasteiger charge is -2.16. The van der Waals surface area contributed by atoms with Crippen LogP contribution in [0.4, 0.5) is 0 Å². The van der Waals surface area contributed by atoms with Gasteiger partial charge < -0.3 is 10.4 Å². The third kappa shape index (κ3) is 4.84. The molecule has 0 aliphatic carbocycles. The Balaban J connectivity index is 4.17. The topological polar surface area (TPSA) is 66.4 Å². The molecule has 0 fully saturated rings. The van der Waals surface area contributed by atoms with Gasteiger partial charge in [-0.2, -0.15) is 0 Å². The third-order valence-electron chi connectivity index (χ3n) is 1.98. The quantitative estimate of drug-likeness (QED) is 0.703. The first-order chi connectivity index (χ1) is 6.34. The first-order valence-corrected chi connectivity index (χ1v) is 4.86. The molecule has 0 aliphatic rings. The van der Waals surface area contributed by atoms with E-state index in [0.717, 1.165) is 0 Å². The molecule has 0 rings (SSSR count). The minimum Gasteiger partial charge on any atom is -0.481 e. The number of aliphatic carboxylic acids is 1. The van der Waals surface area contributed by atoms with E-state index in [1.54, 1.807) is 13.8 Å². The summed E-state index contributed by atoms with van der Waals surface area (Å²) in [6.45, 7) is 7.31. The summed E-state index contributed by atoms with van der Waals surface area (Å²) in [4.78, 5) is 22.1. The van der Waals surface area contributed by atoms with Crippen LogP contribution in [0.25, 0.3) is 0 Å². The number of carboxylic acid groups (broad SMARTS) is 1. The fourth-order valence-corrected chi connectivity index (χ4v) is 1.19. The molecule has 0 unspecified atom stereocenters. The van der Waals surface area contributed by atoms with Crippen molar-refractivity contribution in [1.29, 1.82) is 0 Å². The van der Waals surface area contributed by atoms with Crippen molar-refractivity contribution in [3.8, 4) is 0 Å². The van der Waals surface area contributed by atoms with E-state index in [9.17, 15) is 9.59 Å². The maximum absolute atomic E-state index is 11.3. The van der Waals surface area contributed by atoms with Gasteiger partial charge in [0.2, 0.25) is 5.91 Å². The van der Waals surface area contributed by atoms with Crippen LogP contribution in [-0.4, -0.2) is 23.0 Å². The Morgan fingerprint density at radius 3 is 2.00 bits per heavy atom. The van der Waals surface area contributed by atoms with Gasteiger partial charge in [0.1, 0.15) is 0 Å². The fraction of sp³-hybridized carbons (Fsp3) is 0.800. The molecule has 0 heterocycles. The summed E-state index contributed by atoms with van der Waals surface area (Å²) >= 11 is 0. The van der Waals surface area contributed by atoms with Gasteiger partial charge in [-0.3, -0.25) is 9.59 Å². The molecule has 0 aromatic rings. The summed E-state index contributed by atoms with van der Waals surface area (Å²) in [7, 11) is 0. The molecule has 1 amide bonds. The lowest BCUT2D eigenvalue weighted by Crippen LogP contribution is -2.34. The zero-order valence-corrected chi connectivity index (χ0v) is 9.20. The molecule has 0 saturated heterocycles. The number of hydrogen-bond acceptors (Lipinski definition) is 2. The number of carbonyl (C=O) groups excluding carboxylic acids is 1. The molecule has 0 radical (unpaired) electrons. The van der Waals surface area contributed by atoms with Crippen molar-refractivity contribution in [1.82, 2.24) is 5.32 Å². The van der Waals surface area contributed by atoms with E-state index in [4.69, 9.17) is 5.11 Å². The van der Waals surface area contributed by atoms with E-state index in [1.165, 1.54) is 0 Å². The SMILES string of the molecule is CC(C)NC(=O)C[C@@H](C(=O)O)C(C)C. The van der Waals surface area contributed by atoms with Crippen molar-refractivity contribution in [3.05, 3.63) is 0 Å². The monoisotopic (exact) mass is 201 g/mol. The Morgan fingerprint density at radius 2 is 1.71 bits per heavy atom. The highest BCUT2D eigenvalue weighted by atomic mass is 16.4. The Labute approximate surface area is 84.7 Å². The molecule has 0 spiro atoms. The van der Waals surface area contributed by atoms with Crippen molar-refractivity contribution in [2.45, 2.75) is 40.2 Å². The molecule has 4 nitrogen and oxygen atoms in total. The standard InChI is InChI=1S/C10H19NO3/c1-6(2)8(10(13)14)5-9(12)11-7(3)4/h6-8H,5H2,1-4H3,(H,11,12)(H,13,14)/t8-/m1/s1. The fourth-order valence-electron chi connectivity index (χ4n) is 1.19. The first kappa shape index (κ1) is 12.9. The molecular formula is C10H19NO3. The maximum atomic E-state index is 11.3. The molecule has 0 aromatic heterocycles. The van der Waals surface area contributed by atoms with E-state index < -0.39 is 11.9 Å². The zero-order valence-electron chi connectivity index (χ0n) is 9.20. The van der Waals surface area contributed by atoms with Gasteiger partial charge in [-0.1, -0.05) is 13.8 Å². The van der Waals surface area contributed by atoms with Gasteiger partial charge in [-0.15, -0.1) is 0 Å². The normalized spacial score (nSPS) is 13.0. The van der Waals surface area contributed by atoms with E-state index in [2.05, 4.69) is 5.32 Å². The smallest absolute Gasteiger partial charge is 0.307 e. The predicted molar refractivity (Wildman–Crippen MR) is 53.9 cm³/mol. The summed E-state index contributed by atoms with van der Waals surface area (Å²) in [6, 6.07) is 0.0594. The molecule has 0 aliphatic heterocycles. The van der Waals surface area contributed by atoms with Gasteiger partial charge in [-0.25, -0.2) is 0 Å². The van der Waals surface area contributed by atoms with Crippen LogP contribution in [0.5, 0.6) is 0 Å². The lowest BCUT2D eigenvalue weighted by molar-refractivity contribution is -0.145. The van der Waals surface area contributed by atoms with Crippen LogP contribution in [0.2, 0.25) is 0 Å². The largest absolute Gasteiger partial charge is 0.481 e. The van der Waals surface area contributed by atoms with Gasteiger partial charge in [-0.05, 0) is 19.8 Å². The van der Waals surface area contributed by atoms with Gasteiger partial charge >= 0.3 is 5.97 Å². The number of nitrogens with one attached hydrogen (secondary N) is 1. The van der Waals surface area contributed by atoms with Crippen LogP contribution >= 0.6 is 0 Å². The highest BCUT2D eigenvalue weighted by Crippen LogP contribution is 2.15. The van der Waals surface area contributed by atoms with Crippen molar-refractivity contribution in [3.63, 3.8) is 0 Å². The number of carboxylic acids is 1. The average molecular weight is 201 g/mol. The van der Waals surface area contributed by atoms with Crippen LogP contribution in [0.1, 0.15) is 34.1 Å². The molecule has 0 aromatic carbocycles. The Kier molecular flexibility index (Phi) is 5.20. The second-order valence-electron chi connectivity index (χ2n) is 4.12. The van der Waals surface area contributed by atoms with Crippen molar-refractivity contribution < 1.29 is 14.7 Å². The molecule has 0 bridgehead atoms. The van der Waals surface area contributed by atoms with Crippen molar-refractivity contribution in [2.24, 2.45) is 11.8 Å². The van der Waals surface area contributed by atoms with Crippen LogP contribution in [0, 0.1) is 11.8 Å². The second-order valence-corrected chi connectivity index (χ2v) is 4.12. The van der Waals surface area contributed by atoms with Gasteiger partial charge in [0.05, 0.1) is 5.92 Å². The number of carbonyl (C=O) groups is 2. The van der Waals surface area contributed by atoms with Crippen molar-refractivity contribution >= 4 is 11.9 Å². The minimum absolute atomic E-state index is 0.0228. The molecule has 82 valence electrons. The minimum atomic E-state index is -0.904. The Morgan fingerprint density at radius 1 is 1.21 bits per heavy atom. The molecule has 14 heavy (non-hydrogen) atoms. The molecule has 4 heteroatoms. The molecular weight excluding hydrogens is 182 g/mol. The first-order valence-electron chi connectivity index (χ1n) is 4.86. The number of rotatable bonds is 5. The summed E-state index contributed by atoms with van der Waals surface area (Å²) in [6.07, 6.45) is 0.0607. The van der Waals surface area contributed by atoms with Crippen LogP contribution in [0.15, 0.2) is 0 Å². The number of amides is 1. The van der Waals surface area contributed by atoms with Gasteiger partial charge in [0, 0.05) is 12.5 Å². The van der Waals surface area contributed by atoms with E-state index >= 15 is 0 Å². The summed E-state index contributed by atoms with van der Waals surface area (Å²) < 4.78 is 0. The summed E-state index contributed by atoms with van der Waals surface area (Å²) in [5.74, 6) is -1.71. The Hall–Kier alpha value is -1.06. The van der Waals surface area contributed by atoms with E-state index in [-0.39, 0.29) is 24.3 Å². The van der Waals surface area contributed by atoms with Crippen molar-refractivity contribution in [2.75, 3.05) is 0 Å². The summed E-state index contributed by atoms with van der Waals surface area (Å²) in [5, 5.41) is 11.5. The van der Waals surface area contributed by atoms with Crippen LogP contribution in [0.3, 0.4) is 0 Å². The van der Waals surface area contributed by atoms with Crippen LogP contribution < -0.4 is 5.32 Å². The number of hydrogen-bond donors (Lipinski definition) is 2. The maximum Gasteiger partial charge on any atom is 0.307 e. The molecule has 0 saturated carbocycles. The highest BCUT2D eigenvalue weighted by molar-refractivity contribution is 5.82. The third-order valence-corrected chi connectivity index (χ3v) is 1.98. The summed E-state index contributed by atoms with van der Waals surface area (Å²) in [5.41, 5.74) is 0. The highest BCUT2D eigenvalue weighted by Gasteiger charge is 2.24. The molecule has 1 atom stereocenters. The Bertz CT molecular complexity index is 211. The zero-order chi connectivity index (χ0) is 11.3.